The van der Waals surface area contributed by atoms with Gasteiger partial charge in [0, 0.05) is 5.54 Å². The zero-order chi connectivity index (χ0) is 10.2. The van der Waals surface area contributed by atoms with Gasteiger partial charge in [-0.25, -0.2) is 0 Å². The van der Waals surface area contributed by atoms with Crippen LogP contribution in [-0.4, -0.2) is 14.2 Å². The summed E-state index contributed by atoms with van der Waals surface area (Å²) in [5, 5.41) is 3.44. The summed E-state index contributed by atoms with van der Waals surface area (Å²) in [4.78, 5) is 0. The number of thiocarbonyl (C=S) groups is 2. The standard InChI is InChI=1S/C9H14N2S3/c10-7(12)14-8(13)11-9-3-1-6(5-9)2-4-9/h6H,1-5H2,(H2,10,12)(H,11,13). The molecule has 0 radical (unpaired) electrons. The summed E-state index contributed by atoms with van der Waals surface area (Å²) in [6.45, 7) is 0. The molecule has 2 nitrogen and oxygen atoms in total. The van der Waals surface area contributed by atoms with E-state index in [-0.39, 0.29) is 0 Å². The van der Waals surface area contributed by atoms with E-state index in [0.29, 0.717) is 9.86 Å². The summed E-state index contributed by atoms with van der Waals surface area (Å²) in [7, 11) is 0. The van der Waals surface area contributed by atoms with Crippen LogP contribution in [0.4, 0.5) is 0 Å². The number of rotatable bonds is 1. The van der Waals surface area contributed by atoms with Crippen molar-refractivity contribution in [2.75, 3.05) is 0 Å². The third-order valence-corrected chi connectivity index (χ3v) is 4.39. The molecule has 5 heteroatoms. The minimum Gasteiger partial charge on any atom is -0.384 e. The van der Waals surface area contributed by atoms with Gasteiger partial charge in [-0.1, -0.05) is 24.4 Å². The van der Waals surface area contributed by atoms with Crippen molar-refractivity contribution in [2.24, 2.45) is 11.7 Å². The summed E-state index contributed by atoms with van der Waals surface area (Å²) in [5.74, 6) is 0.931. The number of nitrogens with one attached hydrogen (secondary N) is 1. The summed E-state index contributed by atoms with van der Waals surface area (Å²) in [6.07, 6.45) is 6.51. The highest BCUT2D eigenvalue weighted by Crippen LogP contribution is 2.47. The Morgan fingerprint density at radius 3 is 2.43 bits per heavy atom. The maximum Gasteiger partial charge on any atom is 0.141 e. The topological polar surface area (TPSA) is 38.0 Å². The molecule has 2 aliphatic carbocycles. The summed E-state index contributed by atoms with van der Waals surface area (Å²) in [6, 6.07) is 0. The molecule has 2 bridgehead atoms. The molecule has 0 aliphatic heterocycles. The number of nitrogens with two attached hydrogens (primary N) is 1. The molecule has 2 aliphatic rings. The highest BCUT2D eigenvalue weighted by Gasteiger charge is 2.45. The Balaban J connectivity index is 1.90. The summed E-state index contributed by atoms with van der Waals surface area (Å²) < 4.78 is 1.16. The number of thioether (sulfide) groups is 1. The number of hydrogen-bond acceptors (Lipinski definition) is 3. The molecule has 0 aromatic carbocycles. The lowest BCUT2D eigenvalue weighted by Gasteiger charge is -2.28. The molecule has 3 N–H and O–H groups in total. The van der Waals surface area contributed by atoms with Crippen LogP contribution < -0.4 is 11.1 Å². The molecule has 2 saturated carbocycles. The van der Waals surface area contributed by atoms with Crippen LogP contribution >= 0.6 is 36.2 Å². The molecule has 2 fully saturated rings. The lowest BCUT2D eigenvalue weighted by atomic mass is 9.94. The van der Waals surface area contributed by atoms with Crippen LogP contribution in [0.3, 0.4) is 0 Å². The van der Waals surface area contributed by atoms with Gasteiger partial charge in [-0.05, 0) is 49.8 Å². The van der Waals surface area contributed by atoms with Crippen molar-refractivity contribution in [3.05, 3.63) is 0 Å². The largest absolute Gasteiger partial charge is 0.384 e. The predicted octanol–water partition coefficient (Wildman–Crippen LogP) is 2.17. The number of fused-ring (bicyclic) bond motifs is 2. The van der Waals surface area contributed by atoms with E-state index in [9.17, 15) is 0 Å². The highest BCUT2D eigenvalue weighted by atomic mass is 32.2. The van der Waals surface area contributed by atoms with E-state index < -0.39 is 0 Å². The molecule has 2 rings (SSSR count). The lowest BCUT2D eigenvalue weighted by molar-refractivity contribution is 0.383. The van der Waals surface area contributed by atoms with Crippen molar-refractivity contribution in [3.63, 3.8) is 0 Å². The smallest absolute Gasteiger partial charge is 0.141 e. The van der Waals surface area contributed by atoms with Gasteiger partial charge in [-0.2, -0.15) is 0 Å². The van der Waals surface area contributed by atoms with Crippen LogP contribution in [-0.2, 0) is 0 Å². The maximum atomic E-state index is 5.43. The van der Waals surface area contributed by atoms with E-state index in [1.807, 2.05) is 0 Å². The molecular weight excluding hydrogens is 232 g/mol. The Bertz CT molecular complexity index is 269. The Morgan fingerprint density at radius 2 is 2.00 bits per heavy atom. The van der Waals surface area contributed by atoms with Crippen molar-refractivity contribution in [2.45, 2.75) is 37.6 Å². The van der Waals surface area contributed by atoms with Gasteiger partial charge >= 0.3 is 0 Å². The molecule has 0 aromatic rings. The first kappa shape index (κ1) is 10.6. The number of hydrogen-bond donors (Lipinski definition) is 2. The fourth-order valence-corrected chi connectivity index (χ4v) is 4.04. The third-order valence-electron chi connectivity index (χ3n) is 3.30. The van der Waals surface area contributed by atoms with Gasteiger partial charge in [0.05, 0.1) is 0 Å². The van der Waals surface area contributed by atoms with E-state index in [1.165, 1.54) is 43.9 Å². The average molecular weight is 246 g/mol. The van der Waals surface area contributed by atoms with Gasteiger partial charge < -0.3 is 11.1 Å². The molecule has 78 valence electrons. The van der Waals surface area contributed by atoms with Crippen LogP contribution in [0.2, 0.25) is 0 Å². The molecule has 0 unspecified atom stereocenters. The normalized spacial score (nSPS) is 34.4. The van der Waals surface area contributed by atoms with Crippen molar-refractivity contribution >= 4 is 44.8 Å². The minimum atomic E-state index is 0.291. The van der Waals surface area contributed by atoms with Crippen molar-refractivity contribution < 1.29 is 0 Å². The monoisotopic (exact) mass is 246 g/mol. The van der Waals surface area contributed by atoms with Crippen LogP contribution in [0.5, 0.6) is 0 Å². The maximum absolute atomic E-state index is 5.43. The first-order chi connectivity index (χ1) is 6.60. The zero-order valence-electron chi connectivity index (χ0n) is 7.91. The van der Waals surface area contributed by atoms with Crippen LogP contribution in [0.1, 0.15) is 32.1 Å². The molecule has 0 saturated heterocycles. The molecule has 0 amide bonds. The zero-order valence-corrected chi connectivity index (χ0v) is 10.4. The average Bonchev–Trinajstić information content (AvgIpc) is 2.60. The first-order valence-corrected chi connectivity index (χ1v) is 6.52. The highest BCUT2D eigenvalue weighted by molar-refractivity contribution is 8.37. The van der Waals surface area contributed by atoms with E-state index in [4.69, 9.17) is 30.2 Å². The SMILES string of the molecule is NC(=S)SC(=S)NC12CCC(CC1)C2. The lowest BCUT2D eigenvalue weighted by Crippen LogP contribution is -2.43. The van der Waals surface area contributed by atoms with Gasteiger partial charge in [0.25, 0.3) is 0 Å². The molecule has 14 heavy (non-hydrogen) atoms. The van der Waals surface area contributed by atoms with Gasteiger partial charge in [0.1, 0.15) is 8.64 Å². The molecule has 0 spiro atoms. The van der Waals surface area contributed by atoms with E-state index >= 15 is 0 Å². The van der Waals surface area contributed by atoms with Gasteiger partial charge in [-0.15, -0.1) is 0 Å². The second-order valence-electron chi connectivity index (χ2n) is 4.26. The second-order valence-corrected chi connectivity index (χ2v) is 6.68. The Labute approximate surface area is 99.4 Å². The summed E-state index contributed by atoms with van der Waals surface area (Å²) >= 11 is 11.3. The molecular formula is C9H14N2S3. The molecule has 0 heterocycles. The van der Waals surface area contributed by atoms with Gasteiger partial charge in [0.2, 0.25) is 0 Å². The van der Waals surface area contributed by atoms with E-state index in [1.54, 1.807) is 0 Å². The van der Waals surface area contributed by atoms with Crippen LogP contribution in [0.25, 0.3) is 0 Å². The van der Waals surface area contributed by atoms with Crippen LogP contribution in [0, 0.1) is 5.92 Å². The van der Waals surface area contributed by atoms with E-state index in [0.717, 1.165) is 10.2 Å². The third kappa shape index (κ3) is 2.20. The van der Waals surface area contributed by atoms with E-state index in [2.05, 4.69) is 5.32 Å². The fraction of sp³-hybridized carbons (Fsp3) is 0.778. The summed E-state index contributed by atoms with van der Waals surface area (Å²) in [5.41, 5.74) is 5.72. The van der Waals surface area contributed by atoms with Crippen molar-refractivity contribution in [3.8, 4) is 0 Å². The van der Waals surface area contributed by atoms with Crippen LogP contribution in [0.15, 0.2) is 0 Å². The Morgan fingerprint density at radius 1 is 1.36 bits per heavy atom. The molecule has 0 atom stereocenters. The minimum absolute atomic E-state index is 0.291. The van der Waals surface area contributed by atoms with Crippen molar-refractivity contribution in [1.82, 2.24) is 5.32 Å². The fourth-order valence-electron chi connectivity index (χ4n) is 2.70. The Kier molecular flexibility index (Phi) is 3.00. The first-order valence-electron chi connectivity index (χ1n) is 4.89. The quantitative estimate of drug-likeness (QED) is 0.694. The Hall–Kier alpha value is 0.130. The molecule has 0 aromatic heterocycles. The van der Waals surface area contributed by atoms with Gasteiger partial charge in [0.15, 0.2) is 0 Å². The predicted molar refractivity (Wildman–Crippen MR) is 69.4 cm³/mol. The van der Waals surface area contributed by atoms with Gasteiger partial charge in [-0.3, -0.25) is 0 Å². The van der Waals surface area contributed by atoms with Crippen molar-refractivity contribution in [1.29, 1.82) is 0 Å². The second kappa shape index (κ2) is 3.94.